The molecule has 0 bridgehead atoms. The number of rotatable bonds is 13. The SMILES string of the molecule is NCCCCCO[C@@H]1OC(CO)[C@@H](O[C@@H]2OC(CO)[C@H](O[C@H]3OC(CO)[C@H](O)[C@H](O)C3O)C(O)[C@@H]2O)C(O)[C@@H]1O. The van der Waals surface area contributed by atoms with Crippen LogP contribution in [0.3, 0.4) is 0 Å². The van der Waals surface area contributed by atoms with Gasteiger partial charge in [0.25, 0.3) is 0 Å². The topological polar surface area (TPSA) is 284 Å². The van der Waals surface area contributed by atoms with Crippen LogP contribution in [-0.4, -0.2) is 176 Å². The summed E-state index contributed by atoms with van der Waals surface area (Å²) in [7, 11) is 0. The first-order valence-corrected chi connectivity index (χ1v) is 13.3. The van der Waals surface area contributed by atoms with Crippen LogP contribution in [0.15, 0.2) is 0 Å². The zero-order chi connectivity index (χ0) is 29.6. The lowest BCUT2D eigenvalue weighted by Crippen LogP contribution is -2.66. The van der Waals surface area contributed by atoms with Gasteiger partial charge in [0.05, 0.1) is 19.8 Å². The van der Waals surface area contributed by atoms with Gasteiger partial charge >= 0.3 is 0 Å². The van der Waals surface area contributed by atoms with E-state index in [1.165, 1.54) is 0 Å². The van der Waals surface area contributed by atoms with Gasteiger partial charge in [0, 0.05) is 6.61 Å². The minimum absolute atomic E-state index is 0.197. The van der Waals surface area contributed by atoms with Crippen LogP contribution in [0, 0.1) is 0 Å². The lowest BCUT2D eigenvalue weighted by Gasteiger charge is -2.48. The second-order valence-corrected chi connectivity index (χ2v) is 10.0. The van der Waals surface area contributed by atoms with E-state index < -0.39 is 112 Å². The number of unbranched alkanes of at least 4 members (excludes halogenated alkanes) is 2. The van der Waals surface area contributed by atoms with Gasteiger partial charge in [-0.3, -0.25) is 0 Å². The van der Waals surface area contributed by atoms with Crippen LogP contribution in [0.4, 0.5) is 0 Å². The Morgan fingerprint density at radius 3 is 1.45 bits per heavy atom. The normalized spacial score (nSPS) is 46.4. The van der Waals surface area contributed by atoms with Crippen LogP contribution in [-0.2, 0) is 28.4 Å². The molecule has 0 spiro atoms. The van der Waals surface area contributed by atoms with Gasteiger partial charge in [-0.2, -0.15) is 0 Å². The second kappa shape index (κ2) is 15.7. The number of aliphatic hydroxyl groups is 10. The van der Waals surface area contributed by atoms with Gasteiger partial charge in [0.15, 0.2) is 18.9 Å². The average Bonchev–Trinajstić information content (AvgIpc) is 2.95. The van der Waals surface area contributed by atoms with Crippen molar-refractivity contribution < 1.29 is 79.5 Å². The fourth-order valence-corrected chi connectivity index (χ4v) is 4.80. The third-order valence-electron chi connectivity index (χ3n) is 7.20. The van der Waals surface area contributed by atoms with E-state index in [1.54, 1.807) is 0 Å². The van der Waals surface area contributed by atoms with Crippen LogP contribution in [0.25, 0.3) is 0 Å². The van der Waals surface area contributed by atoms with E-state index in [0.717, 1.165) is 12.8 Å². The molecule has 0 radical (unpaired) electrons. The van der Waals surface area contributed by atoms with E-state index in [-0.39, 0.29) is 6.61 Å². The van der Waals surface area contributed by atoms with Crippen LogP contribution < -0.4 is 5.73 Å². The fraction of sp³-hybridized carbons (Fsp3) is 1.00. The Morgan fingerprint density at radius 1 is 0.500 bits per heavy atom. The maximum atomic E-state index is 10.8. The van der Waals surface area contributed by atoms with E-state index in [9.17, 15) is 51.1 Å². The summed E-state index contributed by atoms with van der Waals surface area (Å²) in [6.45, 7) is -1.50. The second-order valence-electron chi connectivity index (χ2n) is 10.0. The van der Waals surface area contributed by atoms with E-state index in [0.29, 0.717) is 13.0 Å². The summed E-state index contributed by atoms with van der Waals surface area (Å²) in [5, 5.41) is 102. The molecular weight excluding hydrogens is 546 g/mol. The van der Waals surface area contributed by atoms with Gasteiger partial charge in [-0.15, -0.1) is 0 Å². The van der Waals surface area contributed by atoms with Gasteiger partial charge in [-0.25, -0.2) is 0 Å². The van der Waals surface area contributed by atoms with E-state index in [1.807, 2.05) is 0 Å². The summed E-state index contributed by atoms with van der Waals surface area (Å²) < 4.78 is 32.9. The maximum absolute atomic E-state index is 10.8. The molecule has 3 rings (SSSR count). The molecule has 3 aliphatic rings. The Kier molecular flexibility index (Phi) is 13.3. The Balaban J connectivity index is 1.64. The van der Waals surface area contributed by atoms with Crippen molar-refractivity contribution in [2.75, 3.05) is 33.0 Å². The highest BCUT2D eigenvalue weighted by Crippen LogP contribution is 2.32. The number of nitrogens with two attached hydrogens (primary N) is 1. The molecule has 3 aliphatic heterocycles. The summed E-state index contributed by atoms with van der Waals surface area (Å²) >= 11 is 0. The lowest BCUT2D eigenvalue weighted by atomic mass is 9.96. The smallest absolute Gasteiger partial charge is 0.187 e. The van der Waals surface area contributed by atoms with Crippen molar-refractivity contribution in [2.24, 2.45) is 5.73 Å². The van der Waals surface area contributed by atoms with Crippen molar-refractivity contribution >= 4 is 0 Å². The molecule has 0 aliphatic carbocycles. The number of ether oxygens (including phenoxy) is 6. The Bertz CT molecular complexity index is 733. The molecule has 0 aromatic rings. The molecular formula is C23H43NO16. The minimum atomic E-state index is -1.89. The van der Waals surface area contributed by atoms with Gasteiger partial charge in [-0.1, -0.05) is 0 Å². The van der Waals surface area contributed by atoms with Gasteiger partial charge in [0.1, 0.15) is 73.2 Å². The molecule has 15 atom stereocenters. The highest BCUT2D eigenvalue weighted by molar-refractivity contribution is 4.96. The highest BCUT2D eigenvalue weighted by atomic mass is 16.8. The fourth-order valence-electron chi connectivity index (χ4n) is 4.80. The molecule has 0 saturated carbocycles. The summed E-state index contributed by atoms with van der Waals surface area (Å²) in [6.07, 6.45) is -21.8. The lowest BCUT2D eigenvalue weighted by molar-refractivity contribution is -0.379. The van der Waals surface area contributed by atoms with Crippen molar-refractivity contribution in [3.63, 3.8) is 0 Å². The van der Waals surface area contributed by atoms with E-state index >= 15 is 0 Å². The standard InChI is InChI=1S/C23H43NO16/c24-4-2-1-3-5-35-21-17(33)14(30)19(10(7-26)37-21)40-23-18(34)15(31)20(11(8-27)38-23)39-22-16(32)13(29)12(28)9(6-25)36-22/h9-23,25-34H,1-8,24H2/t9?,10?,11?,12-,13-,14?,15?,16?,17-,18-,19+,20-,21+,22+,23-/m0/s1. The summed E-state index contributed by atoms with van der Waals surface area (Å²) in [6, 6.07) is 0. The van der Waals surface area contributed by atoms with Crippen LogP contribution in [0.1, 0.15) is 19.3 Å². The van der Waals surface area contributed by atoms with E-state index in [2.05, 4.69) is 0 Å². The molecule has 17 nitrogen and oxygen atoms in total. The molecule has 3 saturated heterocycles. The van der Waals surface area contributed by atoms with Crippen molar-refractivity contribution in [1.29, 1.82) is 0 Å². The Morgan fingerprint density at radius 2 is 0.950 bits per heavy atom. The number of aliphatic hydroxyl groups excluding tert-OH is 10. The summed E-state index contributed by atoms with van der Waals surface area (Å²) in [5.41, 5.74) is 5.45. The monoisotopic (exact) mass is 589 g/mol. The molecule has 0 aromatic carbocycles. The zero-order valence-electron chi connectivity index (χ0n) is 21.8. The molecule has 6 unspecified atom stereocenters. The Hall–Kier alpha value is -0.680. The van der Waals surface area contributed by atoms with Crippen molar-refractivity contribution in [2.45, 2.75) is 111 Å². The van der Waals surface area contributed by atoms with Crippen molar-refractivity contribution in [1.82, 2.24) is 0 Å². The third-order valence-corrected chi connectivity index (χ3v) is 7.20. The van der Waals surface area contributed by atoms with Gasteiger partial charge in [-0.05, 0) is 25.8 Å². The van der Waals surface area contributed by atoms with E-state index in [4.69, 9.17) is 34.2 Å². The molecule has 40 heavy (non-hydrogen) atoms. The number of hydrogen-bond donors (Lipinski definition) is 11. The predicted octanol–water partition coefficient (Wildman–Crippen LogP) is -6.42. The first kappa shape index (κ1) is 33.8. The third kappa shape index (κ3) is 7.63. The largest absolute Gasteiger partial charge is 0.394 e. The molecule has 3 fully saturated rings. The molecule has 236 valence electrons. The quantitative estimate of drug-likeness (QED) is 0.0890. The molecule has 12 N–H and O–H groups in total. The number of hydrogen-bond acceptors (Lipinski definition) is 17. The van der Waals surface area contributed by atoms with Crippen molar-refractivity contribution in [3.8, 4) is 0 Å². The summed E-state index contributed by atoms with van der Waals surface area (Å²) in [5.74, 6) is 0. The first-order valence-electron chi connectivity index (χ1n) is 13.3. The first-order chi connectivity index (χ1) is 19.1. The average molecular weight is 590 g/mol. The predicted molar refractivity (Wildman–Crippen MR) is 128 cm³/mol. The van der Waals surface area contributed by atoms with Crippen molar-refractivity contribution in [3.05, 3.63) is 0 Å². The molecule has 0 amide bonds. The molecule has 17 heteroatoms. The minimum Gasteiger partial charge on any atom is -0.394 e. The zero-order valence-corrected chi connectivity index (χ0v) is 21.8. The molecule has 3 heterocycles. The maximum Gasteiger partial charge on any atom is 0.187 e. The molecule has 0 aromatic heterocycles. The van der Waals surface area contributed by atoms with Gasteiger partial charge < -0.3 is 85.2 Å². The van der Waals surface area contributed by atoms with Crippen LogP contribution >= 0.6 is 0 Å². The highest BCUT2D eigenvalue weighted by Gasteiger charge is 2.53. The summed E-state index contributed by atoms with van der Waals surface area (Å²) in [4.78, 5) is 0. The van der Waals surface area contributed by atoms with Gasteiger partial charge in [0.2, 0.25) is 0 Å². The van der Waals surface area contributed by atoms with Crippen LogP contribution in [0.5, 0.6) is 0 Å². The Labute approximate surface area is 230 Å². The van der Waals surface area contributed by atoms with Crippen LogP contribution in [0.2, 0.25) is 0 Å².